The van der Waals surface area contributed by atoms with E-state index < -0.39 is 0 Å². The first kappa shape index (κ1) is 8.54. The Balaban J connectivity index is 2.14. The molecule has 2 aromatic rings. The molecule has 0 radical (unpaired) electrons. The molecule has 0 saturated heterocycles. The largest absolute Gasteiger partial charge is 0.338 e. The lowest BCUT2D eigenvalue weighted by molar-refractivity contribution is 0.101. The summed E-state index contributed by atoms with van der Waals surface area (Å²) in [6.07, 6.45) is 2.84. The monoisotopic (exact) mass is 193 g/mol. The molecule has 0 spiro atoms. The Bertz CT molecular complexity index is 433. The number of carbonyl (C=O) groups excluding carboxylic acids is 1. The first-order chi connectivity index (χ1) is 6.75. The summed E-state index contributed by atoms with van der Waals surface area (Å²) in [6.45, 7) is 1.75. The van der Waals surface area contributed by atoms with E-state index in [2.05, 4.69) is 20.5 Å². The molecule has 2 heterocycles. The quantitative estimate of drug-likeness (QED) is 0.633. The highest BCUT2D eigenvalue weighted by atomic mass is 16.5. The first-order valence-corrected chi connectivity index (χ1v) is 3.92. The van der Waals surface area contributed by atoms with E-state index in [-0.39, 0.29) is 5.78 Å². The highest BCUT2D eigenvalue weighted by Gasteiger charge is 2.07. The Morgan fingerprint density at radius 1 is 1.64 bits per heavy atom. The predicted molar refractivity (Wildman–Crippen MR) is 43.4 cm³/mol. The number of hydrogen-bond donors (Lipinski definition) is 0. The number of carbonyl (C=O) groups is 1. The predicted octanol–water partition coefficient (Wildman–Crippen LogP) is -0.0880. The van der Waals surface area contributed by atoms with E-state index in [9.17, 15) is 4.79 Å². The van der Waals surface area contributed by atoms with Gasteiger partial charge in [-0.05, 0) is 0 Å². The summed E-state index contributed by atoms with van der Waals surface area (Å²) >= 11 is 0. The second-order valence-electron chi connectivity index (χ2n) is 2.69. The van der Waals surface area contributed by atoms with E-state index in [0.29, 0.717) is 18.1 Å². The summed E-state index contributed by atoms with van der Waals surface area (Å²) < 4.78 is 6.24. The summed E-state index contributed by atoms with van der Waals surface area (Å²) in [5, 5.41) is 10.8. The molecule has 0 saturated carbocycles. The molecule has 7 heteroatoms. The zero-order valence-electron chi connectivity index (χ0n) is 7.41. The summed E-state index contributed by atoms with van der Waals surface area (Å²) in [4.78, 5) is 14.7. The second kappa shape index (κ2) is 3.36. The van der Waals surface area contributed by atoms with Gasteiger partial charge in [0.05, 0.1) is 6.20 Å². The third kappa shape index (κ3) is 1.65. The molecule has 0 unspecified atom stereocenters. The van der Waals surface area contributed by atoms with Gasteiger partial charge in [-0.15, -0.1) is 5.10 Å². The maximum Gasteiger partial charge on any atom is 0.248 e. The minimum absolute atomic E-state index is 0.123. The first-order valence-electron chi connectivity index (χ1n) is 3.92. The van der Waals surface area contributed by atoms with Crippen LogP contribution >= 0.6 is 0 Å². The normalized spacial score (nSPS) is 10.4. The van der Waals surface area contributed by atoms with Gasteiger partial charge in [-0.25, -0.2) is 4.68 Å². The molecule has 72 valence electrons. The minimum Gasteiger partial charge on any atom is -0.338 e. The third-order valence-electron chi connectivity index (χ3n) is 1.60. The molecular weight excluding hydrogens is 186 g/mol. The fraction of sp³-hybridized carbons (Fsp3) is 0.286. The Kier molecular flexibility index (Phi) is 2.05. The molecule has 2 rings (SSSR count). The van der Waals surface area contributed by atoms with Crippen LogP contribution in [-0.4, -0.2) is 30.9 Å². The zero-order chi connectivity index (χ0) is 9.97. The smallest absolute Gasteiger partial charge is 0.248 e. The Hall–Kier alpha value is -2.05. The van der Waals surface area contributed by atoms with Gasteiger partial charge in [0.1, 0.15) is 12.2 Å². The van der Waals surface area contributed by atoms with Crippen molar-refractivity contribution in [2.24, 2.45) is 0 Å². The number of hydrogen-bond acceptors (Lipinski definition) is 6. The van der Waals surface area contributed by atoms with Crippen molar-refractivity contribution >= 4 is 5.78 Å². The lowest BCUT2D eigenvalue weighted by atomic mass is 10.3. The van der Waals surface area contributed by atoms with Gasteiger partial charge in [-0.1, -0.05) is 10.4 Å². The van der Waals surface area contributed by atoms with Crippen LogP contribution in [0.15, 0.2) is 17.0 Å². The van der Waals surface area contributed by atoms with Crippen molar-refractivity contribution in [3.63, 3.8) is 0 Å². The van der Waals surface area contributed by atoms with Crippen molar-refractivity contribution in [1.82, 2.24) is 25.1 Å². The van der Waals surface area contributed by atoms with Crippen molar-refractivity contribution in [2.75, 3.05) is 0 Å². The molecule has 0 aliphatic carbocycles. The molecule has 0 bridgehead atoms. The summed E-state index contributed by atoms with van der Waals surface area (Å²) in [5.41, 5.74) is 0.324. The fourth-order valence-corrected chi connectivity index (χ4v) is 0.941. The van der Waals surface area contributed by atoms with Crippen LogP contribution in [0.25, 0.3) is 0 Å². The van der Waals surface area contributed by atoms with E-state index in [1.807, 2.05) is 0 Å². The van der Waals surface area contributed by atoms with Gasteiger partial charge in [-0.3, -0.25) is 4.79 Å². The van der Waals surface area contributed by atoms with Gasteiger partial charge in [0.15, 0.2) is 12.1 Å². The van der Waals surface area contributed by atoms with Crippen LogP contribution in [0.1, 0.15) is 23.3 Å². The van der Waals surface area contributed by atoms with Crippen molar-refractivity contribution in [1.29, 1.82) is 0 Å². The highest BCUT2D eigenvalue weighted by molar-refractivity contribution is 5.91. The highest BCUT2D eigenvalue weighted by Crippen LogP contribution is 1.98. The van der Waals surface area contributed by atoms with E-state index in [1.54, 1.807) is 0 Å². The fourth-order valence-electron chi connectivity index (χ4n) is 0.941. The molecule has 0 aliphatic rings. The van der Waals surface area contributed by atoms with Gasteiger partial charge in [0.2, 0.25) is 5.89 Å². The Morgan fingerprint density at radius 3 is 3.07 bits per heavy atom. The van der Waals surface area contributed by atoms with Crippen molar-refractivity contribution in [2.45, 2.75) is 13.5 Å². The average Bonchev–Trinajstić information content (AvgIpc) is 2.75. The molecule has 0 N–H and O–H groups in total. The maximum absolute atomic E-state index is 10.9. The van der Waals surface area contributed by atoms with Crippen LogP contribution in [-0.2, 0) is 6.54 Å². The number of nitrogens with zero attached hydrogens (tertiary/aromatic N) is 5. The molecular formula is C7H7N5O2. The topological polar surface area (TPSA) is 86.7 Å². The van der Waals surface area contributed by atoms with Crippen molar-refractivity contribution in [3.05, 3.63) is 24.1 Å². The molecule has 0 amide bonds. The van der Waals surface area contributed by atoms with Crippen LogP contribution in [0.5, 0.6) is 0 Å². The van der Waals surface area contributed by atoms with Crippen LogP contribution < -0.4 is 0 Å². The molecule has 2 aromatic heterocycles. The van der Waals surface area contributed by atoms with Crippen molar-refractivity contribution in [3.8, 4) is 0 Å². The molecule has 14 heavy (non-hydrogen) atoms. The van der Waals surface area contributed by atoms with Crippen LogP contribution in [0, 0.1) is 0 Å². The van der Waals surface area contributed by atoms with Gasteiger partial charge in [-0.2, -0.15) is 4.98 Å². The summed E-state index contributed by atoms with van der Waals surface area (Å²) in [5.74, 6) is 0.298. The molecule has 0 atom stereocenters. The van der Waals surface area contributed by atoms with E-state index in [0.717, 1.165) is 0 Å². The van der Waals surface area contributed by atoms with Gasteiger partial charge >= 0.3 is 0 Å². The van der Waals surface area contributed by atoms with E-state index in [1.165, 1.54) is 24.1 Å². The molecule has 0 aliphatic heterocycles. The average molecular weight is 193 g/mol. The number of Topliss-reactive ketones (excluding diaryl/α,β-unsaturated/α-hetero) is 1. The van der Waals surface area contributed by atoms with E-state index >= 15 is 0 Å². The summed E-state index contributed by atoms with van der Waals surface area (Å²) in [6, 6.07) is 0. The number of aromatic nitrogens is 5. The Labute approximate surface area is 78.7 Å². The maximum atomic E-state index is 10.9. The zero-order valence-corrected chi connectivity index (χ0v) is 7.41. The molecule has 0 fully saturated rings. The van der Waals surface area contributed by atoms with E-state index in [4.69, 9.17) is 4.52 Å². The molecule has 7 nitrogen and oxygen atoms in total. The van der Waals surface area contributed by atoms with Gasteiger partial charge in [0.25, 0.3) is 0 Å². The van der Waals surface area contributed by atoms with Crippen molar-refractivity contribution < 1.29 is 9.32 Å². The lowest BCUT2D eigenvalue weighted by Crippen LogP contribution is -2.00. The molecule has 0 aromatic carbocycles. The lowest BCUT2D eigenvalue weighted by Gasteiger charge is -1.91. The number of rotatable bonds is 3. The standard InChI is InChI=1S/C7H7N5O2/c1-5(13)6-2-12(11-10-6)3-7-8-4-9-14-7/h2,4H,3H2,1H3. The SMILES string of the molecule is CC(=O)c1cn(Cc2ncno2)nn1. The van der Waals surface area contributed by atoms with Gasteiger partial charge in [0, 0.05) is 6.92 Å². The van der Waals surface area contributed by atoms with Crippen LogP contribution in [0.4, 0.5) is 0 Å². The van der Waals surface area contributed by atoms with Crippen LogP contribution in [0.2, 0.25) is 0 Å². The number of ketones is 1. The minimum atomic E-state index is -0.123. The van der Waals surface area contributed by atoms with Crippen LogP contribution in [0.3, 0.4) is 0 Å². The third-order valence-corrected chi connectivity index (χ3v) is 1.60. The van der Waals surface area contributed by atoms with Gasteiger partial charge < -0.3 is 4.52 Å². The second-order valence-corrected chi connectivity index (χ2v) is 2.69. The Morgan fingerprint density at radius 2 is 2.50 bits per heavy atom. The summed E-state index contributed by atoms with van der Waals surface area (Å²) in [7, 11) is 0.